The van der Waals surface area contributed by atoms with Crippen LogP contribution in [0.3, 0.4) is 0 Å². The maximum atomic E-state index is 14.1. The highest BCUT2D eigenvalue weighted by Gasteiger charge is 2.06. The number of anilines is 1. The Kier molecular flexibility index (Phi) is 3.79. The van der Waals surface area contributed by atoms with E-state index in [1.54, 1.807) is 29.4 Å². The predicted molar refractivity (Wildman–Crippen MR) is 77.9 cm³/mol. The highest BCUT2D eigenvalue weighted by atomic mass is 35.5. The molecule has 21 heavy (non-hydrogen) atoms. The zero-order valence-electron chi connectivity index (χ0n) is 10.9. The van der Waals surface area contributed by atoms with E-state index in [0.29, 0.717) is 23.1 Å². The summed E-state index contributed by atoms with van der Waals surface area (Å²) in [6.07, 6.45) is 7.75. The van der Waals surface area contributed by atoms with Gasteiger partial charge in [-0.1, -0.05) is 17.7 Å². The molecule has 106 valence electrons. The molecule has 0 atom stereocenters. The first kappa shape index (κ1) is 13.5. The molecule has 0 unspecified atom stereocenters. The number of hydrogen-bond donors (Lipinski definition) is 1. The average molecular weight is 304 g/mol. The number of benzene rings is 1. The van der Waals surface area contributed by atoms with Gasteiger partial charge in [-0.25, -0.2) is 19.3 Å². The van der Waals surface area contributed by atoms with Crippen LogP contribution >= 0.6 is 11.6 Å². The van der Waals surface area contributed by atoms with Crippen molar-refractivity contribution < 1.29 is 4.39 Å². The molecule has 0 aliphatic heterocycles. The molecule has 0 amide bonds. The van der Waals surface area contributed by atoms with E-state index < -0.39 is 0 Å². The number of nitrogens with zero attached hydrogens (tertiary/aromatic N) is 4. The molecule has 3 rings (SSSR count). The van der Waals surface area contributed by atoms with Gasteiger partial charge in [0.1, 0.15) is 23.0 Å². The minimum atomic E-state index is -0.318. The second kappa shape index (κ2) is 5.88. The number of hydrogen-bond acceptors (Lipinski definition) is 4. The Hall–Kier alpha value is -2.47. The molecule has 5 nitrogen and oxygen atoms in total. The summed E-state index contributed by atoms with van der Waals surface area (Å²) < 4.78 is 15.7. The largest absolute Gasteiger partial charge is 0.365 e. The second-order valence-corrected chi connectivity index (χ2v) is 4.74. The van der Waals surface area contributed by atoms with Crippen LogP contribution in [0.25, 0.3) is 5.69 Å². The van der Waals surface area contributed by atoms with Gasteiger partial charge in [-0.3, -0.25) is 0 Å². The molecule has 1 aromatic carbocycles. The Balaban J connectivity index is 1.76. The summed E-state index contributed by atoms with van der Waals surface area (Å²) in [5, 5.41) is 3.47. The van der Waals surface area contributed by atoms with Crippen LogP contribution in [-0.4, -0.2) is 19.5 Å². The molecule has 0 saturated carbocycles. The molecule has 0 spiro atoms. The standard InChI is InChI=1S/C14H11ClFN5/c15-11-7-18-8-20-14(11)19-6-10-1-2-13(12(16)5-10)21-4-3-17-9-21/h1-5,7-9H,6H2,(H,18,19,20). The first-order valence-corrected chi connectivity index (χ1v) is 6.58. The van der Waals surface area contributed by atoms with E-state index in [-0.39, 0.29) is 5.82 Å². The van der Waals surface area contributed by atoms with Gasteiger partial charge >= 0.3 is 0 Å². The molecule has 0 aliphatic rings. The normalized spacial score (nSPS) is 10.6. The Morgan fingerprint density at radius 2 is 2.19 bits per heavy atom. The summed E-state index contributed by atoms with van der Waals surface area (Å²) >= 11 is 5.94. The van der Waals surface area contributed by atoms with Gasteiger partial charge in [0.15, 0.2) is 0 Å². The smallest absolute Gasteiger partial charge is 0.148 e. The lowest BCUT2D eigenvalue weighted by atomic mass is 10.2. The van der Waals surface area contributed by atoms with Crippen molar-refractivity contribution in [2.24, 2.45) is 0 Å². The van der Waals surface area contributed by atoms with Gasteiger partial charge in [0.05, 0.1) is 18.2 Å². The molecule has 0 fully saturated rings. The highest BCUT2D eigenvalue weighted by molar-refractivity contribution is 6.32. The quantitative estimate of drug-likeness (QED) is 0.805. The van der Waals surface area contributed by atoms with Gasteiger partial charge in [-0.15, -0.1) is 0 Å². The molecule has 2 heterocycles. The first-order chi connectivity index (χ1) is 10.2. The minimum absolute atomic E-state index is 0.318. The maximum Gasteiger partial charge on any atom is 0.148 e. The predicted octanol–water partition coefficient (Wildman–Crippen LogP) is 3.07. The Morgan fingerprint density at radius 3 is 2.90 bits per heavy atom. The zero-order chi connectivity index (χ0) is 14.7. The van der Waals surface area contributed by atoms with Gasteiger partial charge in [0, 0.05) is 18.9 Å². The van der Waals surface area contributed by atoms with Crippen LogP contribution in [0.2, 0.25) is 5.02 Å². The molecule has 0 saturated heterocycles. The average Bonchev–Trinajstić information content (AvgIpc) is 3.00. The lowest BCUT2D eigenvalue weighted by Gasteiger charge is -2.09. The Labute approximate surface area is 125 Å². The number of halogens is 2. The molecule has 2 aromatic heterocycles. The monoisotopic (exact) mass is 303 g/mol. The SMILES string of the molecule is Fc1cc(CNc2ncncc2Cl)ccc1-n1ccnc1. The maximum absolute atomic E-state index is 14.1. The molecule has 0 aliphatic carbocycles. The molecular formula is C14H11ClFN5. The van der Waals surface area contributed by atoms with E-state index in [9.17, 15) is 4.39 Å². The highest BCUT2D eigenvalue weighted by Crippen LogP contribution is 2.19. The third kappa shape index (κ3) is 3.00. The van der Waals surface area contributed by atoms with E-state index in [4.69, 9.17) is 11.6 Å². The molecule has 7 heteroatoms. The van der Waals surface area contributed by atoms with Crippen LogP contribution in [0.5, 0.6) is 0 Å². The van der Waals surface area contributed by atoms with Crippen molar-refractivity contribution in [3.05, 3.63) is 65.8 Å². The number of imidazole rings is 1. The van der Waals surface area contributed by atoms with Crippen molar-refractivity contribution in [2.75, 3.05) is 5.32 Å². The Morgan fingerprint density at radius 1 is 1.29 bits per heavy atom. The number of aromatic nitrogens is 4. The molecule has 3 aromatic rings. The minimum Gasteiger partial charge on any atom is -0.365 e. The van der Waals surface area contributed by atoms with Gasteiger partial charge in [0.25, 0.3) is 0 Å². The molecular weight excluding hydrogens is 293 g/mol. The molecule has 0 bridgehead atoms. The van der Waals surface area contributed by atoms with Crippen molar-refractivity contribution in [2.45, 2.75) is 6.54 Å². The van der Waals surface area contributed by atoms with Crippen LogP contribution in [0.4, 0.5) is 10.2 Å². The molecule has 0 radical (unpaired) electrons. The fraction of sp³-hybridized carbons (Fsp3) is 0.0714. The van der Waals surface area contributed by atoms with Crippen LogP contribution in [0, 0.1) is 5.82 Å². The summed E-state index contributed by atoms with van der Waals surface area (Å²) in [6, 6.07) is 5.01. The summed E-state index contributed by atoms with van der Waals surface area (Å²) in [6.45, 7) is 0.415. The van der Waals surface area contributed by atoms with Crippen molar-refractivity contribution >= 4 is 17.4 Å². The van der Waals surface area contributed by atoms with Crippen molar-refractivity contribution in [3.8, 4) is 5.69 Å². The van der Waals surface area contributed by atoms with E-state index in [1.807, 2.05) is 6.07 Å². The fourth-order valence-electron chi connectivity index (χ4n) is 1.90. The topological polar surface area (TPSA) is 55.6 Å². The Bertz CT molecular complexity index is 745. The van der Waals surface area contributed by atoms with Crippen molar-refractivity contribution in [1.29, 1.82) is 0 Å². The first-order valence-electron chi connectivity index (χ1n) is 6.20. The molecule has 1 N–H and O–H groups in total. The third-order valence-corrected chi connectivity index (χ3v) is 3.20. The number of nitrogens with one attached hydrogen (secondary N) is 1. The fourth-order valence-corrected chi connectivity index (χ4v) is 2.07. The lowest BCUT2D eigenvalue weighted by Crippen LogP contribution is -2.04. The van der Waals surface area contributed by atoms with Gasteiger partial charge in [-0.05, 0) is 17.7 Å². The van der Waals surface area contributed by atoms with Gasteiger partial charge in [0.2, 0.25) is 0 Å². The van der Waals surface area contributed by atoms with E-state index in [1.165, 1.54) is 18.6 Å². The van der Waals surface area contributed by atoms with E-state index in [0.717, 1.165) is 5.56 Å². The van der Waals surface area contributed by atoms with Crippen LogP contribution in [0.15, 0.2) is 49.4 Å². The van der Waals surface area contributed by atoms with Gasteiger partial charge < -0.3 is 9.88 Å². The summed E-state index contributed by atoms with van der Waals surface area (Å²) in [4.78, 5) is 11.7. The van der Waals surface area contributed by atoms with Crippen LogP contribution in [-0.2, 0) is 6.54 Å². The lowest BCUT2D eigenvalue weighted by molar-refractivity contribution is 0.616. The number of rotatable bonds is 4. The summed E-state index contributed by atoms with van der Waals surface area (Å²) in [7, 11) is 0. The van der Waals surface area contributed by atoms with Gasteiger partial charge in [-0.2, -0.15) is 0 Å². The van der Waals surface area contributed by atoms with Crippen molar-refractivity contribution in [1.82, 2.24) is 19.5 Å². The summed E-state index contributed by atoms with van der Waals surface area (Å²) in [5.41, 5.74) is 1.24. The van der Waals surface area contributed by atoms with Crippen molar-refractivity contribution in [3.63, 3.8) is 0 Å². The van der Waals surface area contributed by atoms with E-state index in [2.05, 4.69) is 20.3 Å². The van der Waals surface area contributed by atoms with E-state index >= 15 is 0 Å². The zero-order valence-corrected chi connectivity index (χ0v) is 11.6. The second-order valence-electron chi connectivity index (χ2n) is 4.33. The third-order valence-electron chi connectivity index (χ3n) is 2.92. The van der Waals surface area contributed by atoms with Crippen LogP contribution in [0.1, 0.15) is 5.56 Å². The van der Waals surface area contributed by atoms with Crippen LogP contribution < -0.4 is 5.32 Å². The summed E-state index contributed by atoms with van der Waals surface area (Å²) in [5.74, 6) is 0.201.